The molecular formula is C12H16N2O2. The lowest BCUT2D eigenvalue weighted by Gasteiger charge is -2.24. The molecule has 0 aliphatic carbocycles. The van der Waals surface area contributed by atoms with Gasteiger partial charge in [0.15, 0.2) is 0 Å². The fraction of sp³-hybridized carbons (Fsp3) is 0.417. The maximum absolute atomic E-state index is 10.9. The molecule has 1 aromatic carbocycles. The monoisotopic (exact) mass is 220 g/mol. The minimum Gasteiger partial charge on any atom is -0.378 e. The molecule has 4 heteroatoms. The van der Waals surface area contributed by atoms with Crippen LogP contribution in [-0.4, -0.2) is 33.2 Å². The molecule has 0 bridgehead atoms. The topological polar surface area (TPSA) is 41.6 Å². The summed E-state index contributed by atoms with van der Waals surface area (Å²) in [4.78, 5) is 13.0. The minimum absolute atomic E-state index is 0.0195. The van der Waals surface area contributed by atoms with Gasteiger partial charge >= 0.3 is 0 Å². The molecule has 86 valence electrons. The summed E-state index contributed by atoms with van der Waals surface area (Å²) in [5.41, 5.74) is 2.26. The fourth-order valence-electron chi connectivity index (χ4n) is 1.69. The van der Waals surface area contributed by atoms with Gasteiger partial charge in [0.25, 0.3) is 0 Å². The van der Waals surface area contributed by atoms with E-state index in [1.54, 1.807) is 0 Å². The molecule has 1 saturated heterocycles. The summed E-state index contributed by atoms with van der Waals surface area (Å²) in [6, 6.07) is 8.18. The van der Waals surface area contributed by atoms with Gasteiger partial charge in [-0.1, -0.05) is 12.1 Å². The SMILES string of the molecule is CN(C)c1ccc(C2CNC(=O)CO2)cc1. The Morgan fingerprint density at radius 2 is 2.00 bits per heavy atom. The van der Waals surface area contributed by atoms with E-state index in [1.165, 1.54) is 0 Å². The molecular weight excluding hydrogens is 204 g/mol. The van der Waals surface area contributed by atoms with Crippen molar-refractivity contribution in [3.8, 4) is 0 Å². The first-order valence-electron chi connectivity index (χ1n) is 5.32. The van der Waals surface area contributed by atoms with Gasteiger partial charge in [-0.25, -0.2) is 0 Å². The van der Waals surface area contributed by atoms with Gasteiger partial charge in [0.2, 0.25) is 5.91 Å². The van der Waals surface area contributed by atoms with Gasteiger partial charge in [-0.2, -0.15) is 0 Å². The van der Waals surface area contributed by atoms with Crippen LogP contribution in [0.15, 0.2) is 24.3 Å². The Labute approximate surface area is 95.2 Å². The maximum Gasteiger partial charge on any atom is 0.246 e. The van der Waals surface area contributed by atoms with E-state index >= 15 is 0 Å². The van der Waals surface area contributed by atoms with Crippen LogP contribution in [0.3, 0.4) is 0 Å². The zero-order valence-electron chi connectivity index (χ0n) is 9.56. The number of rotatable bonds is 2. The highest BCUT2D eigenvalue weighted by Gasteiger charge is 2.19. The summed E-state index contributed by atoms with van der Waals surface area (Å²) in [5, 5.41) is 2.79. The zero-order chi connectivity index (χ0) is 11.5. The fourth-order valence-corrected chi connectivity index (χ4v) is 1.69. The number of morpholine rings is 1. The molecule has 1 amide bonds. The Hall–Kier alpha value is -1.55. The third kappa shape index (κ3) is 2.33. The molecule has 0 radical (unpaired) electrons. The summed E-state index contributed by atoms with van der Waals surface area (Å²) < 4.78 is 5.45. The van der Waals surface area contributed by atoms with Crippen LogP contribution in [0.2, 0.25) is 0 Å². The van der Waals surface area contributed by atoms with Gasteiger partial charge in [-0.15, -0.1) is 0 Å². The molecule has 0 aromatic heterocycles. The van der Waals surface area contributed by atoms with Gasteiger partial charge in [-0.3, -0.25) is 4.79 Å². The highest BCUT2D eigenvalue weighted by molar-refractivity contribution is 5.77. The van der Waals surface area contributed by atoms with Crippen LogP contribution in [0.25, 0.3) is 0 Å². The molecule has 1 aromatic rings. The predicted octanol–water partition coefficient (Wildman–Crippen LogP) is 0.940. The van der Waals surface area contributed by atoms with Crippen molar-refractivity contribution in [2.24, 2.45) is 0 Å². The molecule has 1 unspecified atom stereocenters. The summed E-state index contributed by atoms with van der Waals surface area (Å²) in [5.74, 6) is -0.0406. The number of benzene rings is 1. The first-order chi connectivity index (χ1) is 7.66. The van der Waals surface area contributed by atoms with Crippen LogP contribution < -0.4 is 10.2 Å². The lowest BCUT2D eigenvalue weighted by Crippen LogP contribution is -2.38. The molecule has 4 nitrogen and oxygen atoms in total. The second kappa shape index (κ2) is 4.53. The van der Waals surface area contributed by atoms with E-state index in [9.17, 15) is 4.79 Å². The van der Waals surface area contributed by atoms with Crippen LogP contribution in [0.5, 0.6) is 0 Å². The summed E-state index contributed by atoms with van der Waals surface area (Å²) >= 11 is 0. The minimum atomic E-state index is -0.0406. The number of carbonyl (C=O) groups is 1. The van der Waals surface area contributed by atoms with Crippen molar-refractivity contribution in [3.05, 3.63) is 29.8 Å². The number of anilines is 1. The molecule has 1 N–H and O–H groups in total. The van der Waals surface area contributed by atoms with E-state index in [2.05, 4.69) is 17.4 Å². The summed E-state index contributed by atoms with van der Waals surface area (Å²) in [6.07, 6.45) is -0.0195. The van der Waals surface area contributed by atoms with Crippen LogP contribution in [-0.2, 0) is 9.53 Å². The second-order valence-electron chi connectivity index (χ2n) is 4.09. The first kappa shape index (κ1) is 11.0. The molecule has 16 heavy (non-hydrogen) atoms. The normalized spacial score (nSPS) is 20.4. The van der Waals surface area contributed by atoms with Crippen molar-refractivity contribution in [1.29, 1.82) is 0 Å². The third-order valence-corrected chi connectivity index (χ3v) is 2.68. The molecule has 1 fully saturated rings. The first-order valence-corrected chi connectivity index (χ1v) is 5.32. The Balaban J connectivity index is 2.07. The van der Waals surface area contributed by atoms with Crippen LogP contribution in [0.1, 0.15) is 11.7 Å². The summed E-state index contributed by atoms with van der Waals surface area (Å²) in [6.45, 7) is 0.709. The highest BCUT2D eigenvalue weighted by Crippen LogP contribution is 2.21. The molecule has 1 aliphatic heterocycles. The quantitative estimate of drug-likeness (QED) is 0.806. The van der Waals surface area contributed by atoms with Crippen LogP contribution >= 0.6 is 0 Å². The Kier molecular flexibility index (Phi) is 3.10. The number of hydrogen-bond donors (Lipinski definition) is 1. The van der Waals surface area contributed by atoms with Crippen molar-refractivity contribution in [1.82, 2.24) is 5.32 Å². The Bertz CT molecular complexity index is 363. The zero-order valence-corrected chi connectivity index (χ0v) is 9.56. The number of nitrogens with zero attached hydrogens (tertiary/aromatic N) is 1. The van der Waals surface area contributed by atoms with E-state index in [0.29, 0.717) is 6.54 Å². The Morgan fingerprint density at radius 1 is 1.31 bits per heavy atom. The van der Waals surface area contributed by atoms with E-state index in [1.807, 2.05) is 31.1 Å². The average Bonchev–Trinajstić information content (AvgIpc) is 2.30. The molecule has 2 rings (SSSR count). The highest BCUT2D eigenvalue weighted by atomic mass is 16.5. The van der Waals surface area contributed by atoms with Gasteiger partial charge in [0, 0.05) is 26.3 Å². The molecule has 0 saturated carbocycles. The second-order valence-corrected chi connectivity index (χ2v) is 4.09. The van der Waals surface area contributed by atoms with Crippen molar-refractivity contribution in [2.75, 3.05) is 32.1 Å². The van der Waals surface area contributed by atoms with Crippen LogP contribution in [0.4, 0.5) is 5.69 Å². The van der Waals surface area contributed by atoms with Gasteiger partial charge < -0.3 is 15.0 Å². The Morgan fingerprint density at radius 3 is 2.50 bits per heavy atom. The molecule has 1 heterocycles. The third-order valence-electron chi connectivity index (χ3n) is 2.68. The molecule has 1 aliphatic rings. The predicted molar refractivity (Wildman–Crippen MR) is 62.5 cm³/mol. The average molecular weight is 220 g/mol. The number of ether oxygens (including phenoxy) is 1. The van der Waals surface area contributed by atoms with Crippen molar-refractivity contribution < 1.29 is 9.53 Å². The molecule has 0 spiro atoms. The number of amides is 1. The van der Waals surface area contributed by atoms with Gasteiger partial charge in [-0.05, 0) is 17.7 Å². The number of carbonyl (C=O) groups excluding carboxylic acids is 1. The summed E-state index contributed by atoms with van der Waals surface area (Å²) in [7, 11) is 4.01. The van der Waals surface area contributed by atoms with E-state index in [-0.39, 0.29) is 18.6 Å². The van der Waals surface area contributed by atoms with E-state index < -0.39 is 0 Å². The van der Waals surface area contributed by atoms with Gasteiger partial charge in [0.05, 0.1) is 0 Å². The van der Waals surface area contributed by atoms with Crippen molar-refractivity contribution in [3.63, 3.8) is 0 Å². The van der Waals surface area contributed by atoms with E-state index in [0.717, 1.165) is 11.3 Å². The number of nitrogens with one attached hydrogen (secondary N) is 1. The van der Waals surface area contributed by atoms with Crippen molar-refractivity contribution in [2.45, 2.75) is 6.10 Å². The van der Waals surface area contributed by atoms with Gasteiger partial charge in [0.1, 0.15) is 12.7 Å². The van der Waals surface area contributed by atoms with Crippen LogP contribution in [0, 0.1) is 0 Å². The smallest absolute Gasteiger partial charge is 0.246 e. The molecule has 1 atom stereocenters. The lowest BCUT2D eigenvalue weighted by atomic mass is 10.1. The number of hydrogen-bond acceptors (Lipinski definition) is 3. The maximum atomic E-state index is 10.9. The lowest BCUT2D eigenvalue weighted by molar-refractivity contribution is -0.133. The standard InChI is InChI=1S/C12H16N2O2/c1-14(2)10-5-3-9(4-6-10)11-7-13-12(15)8-16-11/h3-6,11H,7-8H2,1-2H3,(H,13,15). The van der Waals surface area contributed by atoms with Crippen molar-refractivity contribution >= 4 is 11.6 Å². The largest absolute Gasteiger partial charge is 0.378 e. The van der Waals surface area contributed by atoms with E-state index in [4.69, 9.17) is 4.74 Å².